The summed E-state index contributed by atoms with van der Waals surface area (Å²) in [6.07, 6.45) is 1.86. The lowest BCUT2D eigenvalue weighted by molar-refractivity contribution is -0.121. The van der Waals surface area contributed by atoms with Crippen molar-refractivity contribution in [2.75, 3.05) is 6.54 Å². The van der Waals surface area contributed by atoms with Crippen molar-refractivity contribution in [1.29, 1.82) is 0 Å². The molecule has 7 nitrogen and oxygen atoms in total. The van der Waals surface area contributed by atoms with Crippen LogP contribution in [0.2, 0.25) is 0 Å². The molecule has 1 aliphatic heterocycles. The van der Waals surface area contributed by atoms with Crippen LogP contribution in [0.5, 0.6) is 0 Å². The molecule has 2 aromatic heterocycles. The SMILES string of the molecule is Cc1ccc2c(c1)C(=O)N(CC(=O)NCc1cn3c(C)cccc3n1)C2=O. The Balaban J connectivity index is 1.43. The van der Waals surface area contributed by atoms with E-state index in [1.165, 1.54) is 0 Å². The molecule has 1 N–H and O–H groups in total. The molecule has 1 aromatic carbocycles. The van der Waals surface area contributed by atoms with Gasteiger partial charge in [-0.2, -0.15) is 0 Å². The van der Waals surface area contributed by atoms with Crippen molar-refractivity contribution >= 4 is 23.4 Å². The molecule has 0 atom stereocenters. The third-order valence-electron chi connectivity index (χ3n) is 4.64. The van der Waals surface area contributed by atoms with Crippen molar-refractivity contribution < 1.29 is 14.4 Å². The van der Waals surface area contributed by atoms with Crippen LogP contribution in [0.25, 0.3) is 5.65 Å². The Bertz CT molecular complexity index is 1100. The number of nitrogens with one attached hydrogen (secondary N) is 1. The molecule has 0 fully saturated rings. The third-order valence-corrected chi connectivity index (χ3v) is 4.64. The van der Waals surface area contributed by atoms with Crippen molar-refractivity contribution in [3.8, 4) is 0 Å². The second-order valence-corrected chi connectivity index (χ2v) is 6.65. The minimum Gasteiger partial charge on any atom is -0.349 e. The van der Waals surface area contributed by atoms with Crippen LogP contribution in [0.4, 0.5) is 0 Å². The van der Waals surface area contributed by atoms with E-state index in [1.54, 1.807) is 18.2 Å². The molecule has 0 radical (unpaired) electrons. The van der Waals surface area contributed by atoms with Crippen molar-refractivity contribution in [3.05, 3.63) is 70.7 Å². The summed E-state index contributed by atoms with van der Waals surface area (Å²) in [5, 5.41) is 2.72. The highest BCUT2D eigenvalue weighted by Gasteiger charge is 2.36. The van der Waals surface area contributed by atoms with Crippen LogP contribution in [0, 0.1) is 13.8 Å². The van der Waals surface area contributed by atoms with Crippen LogP contribution in [-0.2, 0) is 11.3 Å². The average molecular weight is 362 g/mol. The van der Waals surface area contributed by atoms with Crippen LogP contribution in [0.3, 0.4) is 0 Å². The number of rotatable bonds is 4. The number of hydrogen-bond donors (Lipinski definition) is 1. The first kappa shape index (κ1) is 17.0. The van der Waals surface area contributed by atoms with E-state index in [1.807, 2.05) is 42.6 Å². The van der Waals surface area contributed by atoms with Crippen molar-refractivity contribution in [2.45, 2.75) is 20.4 Å². The summed E-state index contributed by atoms with van der Waals surface area (Å²) < 4.78 is 1.94. The van der Waals surface area contributed by atoms with Gasteiger partial charge in [-0.1, -0.05) is 17.7 Å². The number of imide groups is 1. The summed E-state index contributed by atoms with van der Waals surface area (Å²) in [6.45, 7) is 3.74. The summed E-state index contributed by atoms with van der Waals surface area (Å²) in [6, 6.07) is 10.9. The Morgan fingerprint density at radius 1 is 1.07 bits per heavy atom. The Labute approximate surface area is 155 Å². The first-order chi connectivity index (χ1) is 12.9. The molecule has 3 aromatic rings. The summed E-state index contributed by atoms with van der Waals surface area (Å²) in [5.74, 6) is -1.28. The highest BCUT2D eigenvalue weighted by Crippen LogP contribution is 2.23. The maximum Gasteiger partial charge on any atom is 0.262 e. The van der Waals surface area contributed by atoms with E-state index >= 15 is 0 Å². The molecular formula is C20H18N4O3. The van der Waals surface area contributed by atoms with Crippen LogP contribution >= 0.6 is 0 Å². The van der Waals surface area contributed by atoms with Gasteiger partial charge < -0.3 is 9.72 Å². The maximum absolute atomic E-state index is 12.4. The first-order valence-corrected chi connectivity index (χ1v) is 8.61. The van der Waals surface area contributed by atoms with Gasteiger partial charge in [-0.15, -0.1) is 0 Å². The lowest BCUT2D eigenvalue weighted by Crippen LogP contribution is -2.40. The van der Waals surface area contributed by atoms with Gasteiger partial charge >= 0.3 is 0 Å². The average Bonchev–Trinajstić information content (AvgIpc) is 3.16. The fraction of sp³-hybridized carbons (Fsp3) is 0.200. The monoisotopic (exact) mass is 362 g/mol. The van der Waals surface area contributed by atoms with Gasteiger partial charge in [0.2, 0.25) is 5.91 Å². The summed E-state index contributed by atoms with van der Waals surface area (Å²) in [5.41, 5.74) is 4.13. The number of hydrogen-bond acceptors (Lipinski definition) is 4. The van der Waals surface area contributed by atoms with Crippen LogP contribution in [-0.4, -0.2) is 38.6 Å². The highest BCUT2D eigenvalue weighted by atomic mass is 16.2. The van der Waals surface area contributed by atoms with Crippen LogP contribution in [0.1, 0.15) is 37.7 Å². The first-order valence-electron chi connectivity index (χ1n) is 8.61. The number of aromatic nitrogens is 2. The third kappa shape index (κ3) is 2.97. The van der Waals surface area contributed by atoms with E-state index in [0.29, 0.717) is 16.8 Å². The molecular weight excluding hydrogens is 344 g/mol. The molecule has 136 valence electrons. The van der Waals surface area contributed by atoms with Gasteiger partial charge in [-0.25, -0.2) is 4.98 Å². The maximum atomic E-state index is 12.4. The highest BCUT2D eigenvalue weighted by molar-refractivity contribution is 6.22. The van der Waals surface area contributed by atoms with Gasteiger partial charge in [0.15, 0.2) is 0 Å². The fourth-order valence-corrected chi connectivity index (χ4v) is 3.22. The normalized spacial score (nSPS) is 13.3. The quantitative estimate of drug-likeness (QED) is 0.718. The molecule has 1 aliphatic rings. The van der Waals surface area contributed by atoms with E-state index in [4.69, 9.17) is 0 Å². The Morgan fingerprint density at radius 3 is 2.63 bits per heavy atom. The van der Waals surface area contributed by atoms with E-state index < -0.39 is 17.7 Å². The minimum absolute atomic E-state index is 0.224. The van der Waals surface area contributed by atoms with Gasteiger partial charge in [-0.05, 0) is 38.1 Å². The van der Waals surface area contributed by atoms with Crippen LogP contribution in [0.15, 0.2) is 42.6 Å². The van der Waals surface area contributed by atoms with Gasteiger partial charge in [0, 0.05) is 11.9 Å². The number of carbonyl (C=O) groups excluding carboxylic acids is 3. The number of pyridine rings is 1. The fourth-order valence-electron chi connectivity index (χ4n) is 3.22. The van der Waals surface area contributed by atoms with Crippen LogP contribution < -0.4 is 5.32 Å². The molecule has 0 saturated carbocycles. The molecule has 7 heteroatoms. The number of imidazole rings is 1. The summed E-state index contributed by atoms with van der Waals surface area (Å²) in [7, 11) is 0. The number of fused-ring (bicyclic) bond motifs is 2. The zero-order chi connectivity index (χ0) is 19.1. The Morgan fingerprint density at radius 2 is 1.85 bits per heavy atom. The number of amides is 3. The lowest BCUT2D eigenvalue weighted by Gasteiger charge is -2.13. The number of benzene rings is 1. The standard InChI is InChI=1S/C20H18N4O3/c1-12-6-7-15-16(8-12)20(27)24(19(15)26)11-18(25)21-9-14-10-23-13(2)4-3-5-17(23)22-14/h3-8,10H,9,11H2,1-2H3,(H,21,25). The van der Waals surface area contributed by atoms with Gasteiger partial charge in [0.25, 0.3) is 11.8 Å². The largest absolute Gasteiger partial charge is 0.349 e. The molecule has 0 spiro atoms. The predicted molar refractivity (Wildman–Crippen MR) is 98.3 cm³/mol. The summed E-state index contributed by atoms with van der Waals surface area (Å²) in [4.78, 5) is 42.5. The van der Waals surface area contributed by atoms with Gasteiger partial charge in [0.05, 0.1) is 23.4 Å². The molecule has 0 unspecified atom stereocenters. The second-order valence-electron chi connectivity index (χ2n) is 6.65. The molecule has 0 aliphatic carbocycles. The summed E-state index contributed by atoms with van der Waals surface area (Å²) >= 11 is 0. The lowest BCUT2D eigenvalue weighted by atomic mass is 10.1. The van der Waals surface area contributed by atoms with E-state index in [2.05, 4.69) is 10.3 Å². The second kappa shape index (κ2) is 6.35. The molecule has 4 rings (SSSR count). The molecule has 3 amide bonds. The minimum atomic E-state index is -0.437. The molecule has 27 heavy (non-hydrogen) atoms. The van der Waals surface area contributed by atoms with Gasteiger partial charge in [0.1, 0.15) is 12.2 Å². The topological polar surface area (TPSA) is 83.8 Å². The number of nitrogens with zero attached hydrogens (tertiary/aromatic N) is 3. The number of aryl methyl sites for hydroxylation is 2. The zero-order valence-electron chi connectivity index (χ0n) is 15.0. The van der Waals surface area contributed by atoms with E-state index in [-0.39, 0.29) is 13.1 Å². The van der Waals surface area contributed by atoms with Crippen molar-refractivity contribution in [3.63, 3.8) is 0 Å². The number of carbonyl (C=O) groups is 3. The molecule has 3 heterocycles. The Kier molecular flexibility index (Phi) is 3.99. The Hall–Kier alpha value is -3.48. The predicted octanol–water partition coefficient (Wildman–Crippen LogP) is 1.86. The zero-order valence-corrected chi connectivity index (χ0v) is 15.0. The van der Waals surface area contributed by atoms with Crippen molar-refractivity contribution in [1.82, 2.24) is 19.6 Å². The molecule has 0 saturated heterocycles. The van der Waals surface area contributed by atoms with E-state index in [0.717, 1.165) is 21.8 Å². The smallest absolute Gasteiger partial charge is 0.262 e. The molecule has 0 bridgehead atoms. The van der Waals surface area contributed by atoms with E-state index in [9.17, 15) is 14.4 Å². The van der Waals surface area contributed by atoms with Crippen molar-refractivity contribution in [2.24, 2.45) is 0 Å². The van der Waals surface area contributed by atoms with Gasteiger partial charge in [-0.3, -0.25) is 19.3 Å².